The van der Waals surface area contributed by atoms with Crippen LogP contribution in [0.4, 0.5) is 4.39 Å². The molecular weight excluding hydrogens is 323 g/mol. The smallest absolute Gasteiger partial charge is 0.274 e. The van der Waals surface area contributed by atoms with Gasteiger partial charge in [-0.3, -0.25) is 4.79 Å². The first-order valence-corrected chi connectivity index (χ1v) is 7.92. The third kappa shape index (κ3) is 3.20. The van der Waals surface area contributed by atoms with Crippen molar-refractivity contribution in [3.8, 4) is 11.5 Å². The van der Waals surface area contributed by atoms with Crippen molar-refractivity contribution < 1.29 is 18.7 Å². The fraction of sp³-hybridized carbons (Fsp3) is 0.263. The third-order valence-corrected chi connectivity index (χ3v) is 4.25. The predicted octanol–water partition coefficient (Wildman–Crippen LogP) is 3.40. The molecule has 0 aliphatic carbocycles. The highest BCUT2D eigenvalue weighted by Crippen LogP contribution is 2.29. The molecule has 0 fully saturated rings. The summed E-state index contributed by atoms with van der Waals surface area (Å²) in [7, 11) is 3.15. The largest absolute Gasteiger partial charge is 0.493 e. The summed E-state index contributed by atoms with van der Waals surface area (Å²) in [5.41, 5.74) is 2.31. The molecule has 130 valence electrons. The molecule has 2 aromatic carbocycles. The van der Waals surface area contributed by atoms with Crippen molar-refractivity contribution in [2.24, 2.45) is 5.10 Å². The quantitative estimate of drug-likeness (QED) is 0.856. The molecule has 0 aromatic heterocycles. The fourth-order valence-corrected chi connectivity index (χ4v) is 2.80. The van der Waals surface area contributed by atoms with Gasteiger partial charge in [0.25, 0.3) is 5.91 Å². The average Bonchev–Trinajstić information content (AvgIpc) is 3.13. The summed E-state index contributed by atoms with van der Waals surface area (Å²) in [5, 5.41) is 5.80. The highest BCUT2D eigenvalue weighted by Gasteiger charge is 2.25. The molecule has 0 N–H and O–H groups in total. The van der Waals surface area contributed by atoms with Gasteiger partial charge in [-0.25, -0.2) is 9.40 Å². The Hall–Kier alpha value is -2.89. The zero-order valence-corrected chi connectivity index (χ0v) is 14.4. The number of carbonyl (C=O) groups is 1. The van der Waals surface area contributed by atoms with E-state index in [0.29, 0.717) is 35.6 Å². The number of carbonyl (C=O) groups excluding carboxylic acids is 1. The molecule has 1 amide bonds. The molecule has 0 radical (unpaired) electrons. The molecule has 3 rings (SSSR count). The minimum atomic E-state index is -0.394. The lowest BCUT2D eigenvalue weighted by atomic mass is 10.1. The molecule has 0 spiro atoms. The minimum absolute atomic E-state index is 0.299. The van der Waals surface area contributed by atoms with Crippen molar-refractivity contribution in [3.05, 3.63) is 58.9 Å². The van der Waals surface area contributed by atoms with Crippen molar-refractivity contribution in [2.45, 2.75) is 13.3 Å². The Kier molecular flexibility index (Phi) is 4.70. The van der Waals surface area contributed by atoms with Crippen molar-refractivity contribution in [2.75, 3.05) is 20.8 Å². The number of benzene rings is 2. The number of halogens is 1. The van der Waals surface area contributed by atoms with E-state index in [4.69, 9.17) is 9.47 Å². The van der Waals surface area contributed by atoms with Crippen LogP contribution < -0.4 is 9.47 Å². The van der Waals surface area contributed by atoms with Gasteiger partial charge in [0.1, 0.15) is 5.82 Å². The highest BCUT2D eigenvalue weighted by atomic mass is 19.1. The van der Waals surface area contributed by atoms with Gasteiger partial charge in [-0.05, 0) is 42.8 Å². The molecule has 1 aliphatic rings. The maximum Gasteiger partial charge on any atom is 0.274 e. The van der Waals surface area contributed by atoms with Crippen LogP contribution >= 0.6 is 0 Å². The van der Waals surface area contributed by atoms with Gasteiger partial charge < -0.3 is 9.47 Å². The molecule has 25 heavy (non-hydrogen) atoms. The summed E-state index contributed by atoms with van der Waals surface area (Å²) in [6.07, 6.45) is 0.621. The number of ether oxygens (including phenoxy) is 2. The van der Waals surface area contributed by atoms with Crippen molar-refractivity contribution in [1.82, 2.24) is 5.01 Å². The Morgan fingerprint density at radius 3 is 2.64 bits per heavy atom. The molecule has 2 aromatic rings. The van der Waals surface area contributed by atoms with Crippen molar-refractivity contribution >= 4 is 11.6 Å². The summed E-state index contributed by atoms with van der Waals surface area (Å²) < 4.78 is 24.2. The Bertz CT molecular complexity index is 849. The van der Waals surface area contributed by atoms with Crippen LogP contribution in [0.2, 0.25) is 0 Å². The third-order valence-electron chi connectivity index (χ3n) is 4.25. The van der Waals surface area contributed by atoms with Crippen LogP contribution in [0, 0.1) is 12.7 Å². The molecule has 0 saturated carbocycles. The number of hydrogen-bond acceptors (Lipinski definition) is 4. The van der Waals surface area contributed by atoms with Gasteiger partial charge in [0.05, 0.1) is 26.5 Å². The predicted molar refractivity (Wildman–Crippen MR) is 92.9 cm³/mol. The number of hydrazone groups is 1. The normalized spacial score (nSPS) is 13.6. The van der Waals surface area contributed by atoms with Crippen LogP contribution in [-0.4, -0.2) is 37.4 Å². The van der Waals surface area contributed by atoms with E-state index >= 15 is 0 Å². The number of nitrogens with zero attached hydrogens (tertiary/aromatic N) is 2. The molecule has 6 heteroatoms. The van der Waals surface area contributed by atoms with Gasteiger partial charge in [-0.2, -0.15) is 5.10 Å². The SMILES string of the molecule is COc1ccc(C2=NN(C(=O)c3cccc(F)c3C)CC2)cc1OC. The Morgan fingerprint density at radius 2 is 1.92 bits per heavy atom. The van der Waals surface area contributed by atoms with Gasteiger partial charge in [-0.1, -0.05) is 6.07 Å². The molecule has 1 aliphatic heterocycles. The highest BCUT2D eigenvalue weighted by molar-refractivity contribution is 6.05. The lowest BCUT2D eigenvalue weighted by Gasteiger charge is -2.13. The lowest BCUT2D eigenvalue weighted by Crippen LogP contribution is -2.24. The van der Waals surface area contributed by atoms with Gasteiger partial charge in [0.2, 0.25) is 0 Å². The molecule has 0 atom stereocenters. The van der Waals surface area contributed by atoms with Gasteiger partial charge in [0.15, 0.2) is 11.5 Å². The Balaban J connectivity index is 1.87. The van der Waals surface area contributed by atoms with E-state index in [1.54, 1.807) is 33.3 Å². The van der Waals surface area contributed by atoms with Crippen molar-refractivity contribution in [3.63, 3.8) is 0 Å². The number of amides is 1. The second-order valence-electron chi connectivity index (χ2n) is 5.71. The minimum Gasteiger partial charge on any atom is -0.493 e. The molecule has 0 unspecified atom stereocenters. The molecule has 0 saturated heterocycles. The number of rotatable bonds is 4. The fourth-order valence-electron chi connectivity index (χ4n) is 2.80. The standard InChI is InChI=1S/C19H19FN2O3/c1-12-14(5-4-6-15(12)20)19(23)22-10-9-16(21-22)13-7-8-17(24-2)18(11-13)25-3/h4-8,11H,9-10H2,1-3H3. The Morgan fingerprint density at radius 1 is 1.16 bits per heavy atom. The monoisotopic (exact) mass is 342 g/mol. The molecule has 5 nitrogen and oxygen atoms in total. The van der Waals surface area contributed by atoms with E-state index in [-0.39, 0.29) is 5.91 Å². The average molecular weight is 342 g/mol. The first kappa shape index (κ1) is 17.0. The number of methoxy groups -OCH3 is 2. The summed E-state index contributed by atoms with van der Waals surface area (Å²) in [5.74, 6) is 0.545. The zero-order valence-electron chi connectivity index (χ0n) is 14.4. The Labute approximate surface area is 145 Å². The first-order valence-electron chi connectivity index (χ1n) is 7.92. The lowest BCUT2D eigenvalue weighted by molar-refractivity contribution is 0.0777. The van der Waals surface area contributed by atoms with Crippen LogP contribution in [0.3, 0.4) is 0 Å². The van der Waals surface area contributed by atoms with E-state index in [9.17, 15) is 9.18 Å². The maximum atomic E-state index is 13.7. The van der Waals surface area contributed by atoms with E-state index in [0.717, 1.165) is 11.3 Å². The molecule has 1 heterocycles. The maximum absolute atomic E-state index is 13.7. The van der Waals surface area contributed by atoms with Gasteiger partial charge >= 0.3 is 0 Å². The second kappa shape index (κ2) is 6.93. The molecular formula is C19H19FN2O3. The van der Waals surface area contributed by atoms with Gasteiger partial charge in [-0.15, -0.1) is 0 Å². The van der Waals surface area contributed by atoms with E-state index in [1.165, 1.54) is 17.1 Å². The zero-order chi connectivity index (χ0) is 18.0. The summed E-state index contributed by atoms with van der Waals surface area (Å²) in [6.45, 7) is 2.05. The van der Waals surface area contributed by atoms with E-state index in [2.05, 4.69) is 5.10 Å². The topological polar surface area (TPSA) is 51.1 Å². The van der Waals surface area contributed by atoms with Crippen LogP contribution in [0.25, 0.3) is 0 Å². The second-order valence-corrected chi connectivity index (χ2v) is 5.71. The van der Waals surface area contributed by atoms with Crippen LogP contribution in [0.15, 0.2) is 41.5 Å². The van der Waals surface area contributed by atoms with E-state index < -0.39 is 5.82 Å². The van der Waals surface area contributed by atoms with Crippen LogP contribution in [-0.2, 0) is 0 Å². The van der Waals surface area contributed by atoms with Crippen LogP contribution in [0.5, 0.6) is 11.5 Å². The summed E-state index contributed by atoms with van der Waals surface area (Å²) >= 11 is 0. The summed E-state index contributed by atoms with van der Waals surface area (Å²) in [4.78, 5) is 12.6. The number of hydrogen-bond donors (Lipinski definition) is 0. The molecule has 0 bridgehead atoms. The summed E-state index contributed by atoms with van der Waals surface area (Å²) in [6, 6.07) is 10.0. The van der Waals surface area contributed by atoms with Crippen molar-refractivity contribution in [1.29, 1.82) is 0 Å². The van der Waals surface area contributed by atoms with E-state index in [1.807, 2.05) is 12.1 Å². The van der Waals surface area contributed by atoms with Gasteiger partial charge in [0, 0.05) is 17.5 Å². The van der Waals surface area contributed by atoms with Crippen LogP contribution in [0.1, 0.15) is 27.9 Å². The first-order chi connectivity index (χ1) is 12.0.